The molecule has 2 rings (SSSR count). The van der Waals surface area contributed by atoms with Crippen molar-refractivity contribution in [3.63, 3.8) is 0 Å². The molecule has 0 radical (unpaired) electrons. The number of furan rings is 1. The van der Waals surface area contributed by atoms with Crippen LogP contribution in [0.2, 0.25) is 0 Å². The van der Waals surface area contributed by atoms with Gasteiger partial charge in [-0.15, -0.1) is 11.3 Å². The molecule has 2 aromatic heterocycles. The summed E-state index contributed by atoms with van der Waals surface area (Å²) in [5, 5.41) is 9.09. The molecule has 0 saturated heterocycles. The second-order valence-electron chi connectivity index (χ2n) is 4.27. The number of nitrogens with zero attached hydrogens (tertiary/aromatic N) is 1. The highest BCUT2D eigenvalue weighted by Gasteiger charge is 2.26. The number of hydrogen-bond donors (Lipinski definition) is 1. The van der Waals surface area contributed by atoms with Crippen molar-refractivity contribution in [3.05, 3.63) is 38.4 Å². The van der Waals surface area contributed by atoms with Crippen molar-refractivity contribution in [2.45, 2.75) is 25.0 Å². The van der Waals surface area contributed by atoms with Gasteiger partial charge in [0, 0.05) is 24.0 Å². The first-order valence-electron chi connectivity index (χ1n) is 5.74. The van der Waals surface area contributed by atoms with Crippen LogP contribution in [0.25, 0.3) is 0 Å². The van der Waals surface area contributed by atoms with Crippen molar-refractivity contribution in [2.24, 2.45) is 0 Å². The van der Waals surface area contributed by atoms with Crippen LogP contribution in [0.5, 0.6) is 0 Å². The van der Waals surface area contributed by atoms with E-state index in [0.29, 0.717) is 14.4 Å². The van der Waals surface area contributed by atoms with Gasteiger partial charge < -0.3 is 9.52 Å². The van der Waals surface area contributed by atoms with Crippen LogP contribution in [0.15, 0.2) is 31.5 Å². The quantitative estimate of drug-likeness (QED) is 0.866. The molecule has 0 atom stereocenters. The van der Waals surface area contributed by atoms with E-state index in [4.69, 9.17) is 9.52 Å². The maximum Gasteiger partial charge on any atom is 0.245 e. The number of aliphatic hydroxyl groups excluding tert-OH is 1. The second-order valence-corrected chi connectivity index (χ2v) is 8.74. The number of aryl methyl sites for hydroxylation is 1. The average Bonchev–Trinajstić information content (AvgIpc) is 2.96. The van der Waals surface area contributed by atoms with Crippen LogP contribution >= 0.6 is 27.3 Å². The summed E-state index contributed by atoms with van der Waals surface area (Å²) in [6.45, 7) is 1.85. The third-order valence-corrected chi connectivity index (χ3v) is 6.95. The molecular weight excluding hydrogens is 366 g/mol. The lowest BCUT2D eigenvalue weighted by Gasteiger charge is -2.16. The molecule has 20 heavy (non-hydrogen) atoms. The predicted octanol–water partition coefficient (Wildman–Crippen LogP) is 2.73. The zero-order valence-electron chi connectivity index (χ0n) is 11.0. The lowest BCUT2D eigenvalue weighted by Crippen LogP contribution is -2.26. The third kappa shape index (κ3) is 2.99. The molecule has 0 spiro atoms. The maximum atomic E-state index is 12.5. The minimum atomic E-state index is -3.61. The molecule has 0 fully saturated rings. The molecule has 0 aliphatic rings. The van der Waals surface area contributed by atoms with Crippen molar-refractivity contribution in [1.82, 2.24) is 4.31 Å². The normalized spacial score (nSPS) is 12.2. The van der Waals surface area contributed by atoms with Gasteiger partial charge in [0.15, 0.2) is 0 Å². The van der Waals surface area contributed by atoms with Crippen LogP contribution in [0.1, 0.15) is 16.2 Å². The van der Waals surface area contributed by atoms with E-state index in [-0.39, 0.29) is 18.0 Å². The van der Waals surface area contributed by atoms with E-state index < -0.39 is 10.0 Å². The highest BCUT2D eigenvalue weighted by molar-refractivity contribution is 9.11. The molecule has 8 heteroatoms. The number of aliphatic hydroxyl groups is 1. The zero-order valence-corrected chi connectivity index (χ0v) is 14.2. The Morgan fingerprint density at radius 3 is 2.70 bits per heavy atom. The molecule has 0 aromatic carbocycles. The molecule has 0 aliphatic heterocycles. The topological polar surface area (TPSA) is 70.8 Å². The second kappa shape index (κ2) is 5.98. The van der Waals surface area contributed by atoms with Gasteiger partial charge in [-0.1, -0.05) is 0 Å². The summed E-state index contributed by atoms with van der Waals surface area (Å²) < 4.78 is 31.9. The van der Waals surface area contributed by atoms with E-state index in [1.807, 2.05) is 0 Å². The van der Waals surface area contributed by atoms with Gasteiger partial charge in [-0.2, -0.15) is 4.31 Å². The molecule has 0 saturated carbocycles. The van der Waals surface area contributed by atoms with Crippen molar-refractivity contribution in [3.8, 4) is 0 Å². The molecule has 0 bridgehead atoms. The van der Waals surface area contributed by atoms with Crippen molar-refractivity contribution in [1.29, 1.82) is 0 Å². The number of thiophene rings is 1. The summed E-state index contributed by atoms with van der Waals surface area (Å²) in [6.07, 6.45) is 1.54. The van der Waals surface area contributed by atoms with Crippen molar-refractivity contribution >= 4 is 37.3 Å². The van der Waals surface area contributed by atoms with E-state index in [1.54, 1.807) is 13.0 Å². The Kier molecular flexibility index (Phi) is 4.70. The molecule has 1 N–H and O–H groups in total. The number of hydrogen-bond acceptors (Lipinski definition) is 5. The summed E-state index contributed by atoms with van der Waals surface area (Å²) in [5.41, 5.74) is 0.824. The fourth-order valence-corrected chi connectivity index (χ4v) is 5.36. The lowest BCUT2D eigenvalue weighted by molar-refractivity contribution is 0.285. The summed E-state index contributed by atoms with van der Waals surface area (Å²) >= 11 is 4.45. The average molecular weight is 380 g/mol. The summed E-state index contributed by atoms with van der Waals surface area (Å²) in [7, 11) is -2.09. The number of rotatable bonds is 5. The van der Waals surface area contributed by atoms with E-state index in [0.717, 1.165) is 5.56 Å². The van der Waals surface area contributed by atoms with Gasteiger partial charge in [0.1, 0.15) is 10.7 Å². The minimum Gasteiger partial charge on any atom is -0.469 e. The Labute approximate surface area is 130 Å². The van der Waals surface area contributed by atoms with Crippen LogP contribution in [0.4, 0.5) is 0 Å². The smallest absolute Gasteiger partial charge is 0.245 e. The van der Waals surface area contributed by atoms with E-state index in [1.165, 1.54) is 35.0 Å². The largest absolute Gasteiger partial charge is 0.469 e. The number of halogens is 1. The first-order chi connectivity index (χ1) is 9.36. The van der Waals surface area contributed by atoms with Crippen LogP contribution in [0, 0.1) is 6.92 Å². The van der Waals surface area contributed by atoms with Crippen molar-refractivity contribution in [2.75, 3.05) is 7.05 Å². The molecule has 110 valence electrons. The number of sulfonamides is 1. The van der Waals surface area contributed by atoms with Gasteiger partial charge in [0.2, 0.25) is 10.0 Å². The summed E-state index contributed by atoms with van der Waals surface area (Å²) in [6, 6.07) is 3.24. The van der Waals surface area contributed by atoms with Gasteiger partial charge in [-0.25, -0.2) is 8.42 Å². The molecule has 0 aliphatic carbocycles. The first kappa shape index (κ1) is 15.7. The summed E-state index contributed by atoms with van der Waals surface area (Å²) in [5.74, 6) is 0.701. The highest BCUT2D eigenvalue weighted by atomic mass is 79.9. The molecule has 2 aromatic rings. The fraction of sp³-hybridized carbons (Fsp3) is 0.333. The SMILES string of the molecule is Cc1occc1CN(C)S(=O)(=O)c1cc(CO)sc1Br. The van der Waals surface area contributed by atoms with Crippen LogP contribution in [0.3, 0.4) is 0 Å². The molecule has 0 amide bonds. The fourth-order valence-electron chi connectivity index (χ4n) is 1.72. The van der Waals surface area contributed by atoms with E-state index >= 15 is 0 Å². The van der Waals surface area contributed by atoms with Crippen LogP contribution < -0.4 is 0 Å². The Hall–Kier alpha value is -0.670. The first-order valence-corrected chi connectivity index (χ1v) is 8.79. The van der Waals surface area contributed by atoms with Crippen molar-refractivity contribution < 1.29 is 17.9 Å². The molecule has 5 nitrogen and oxygen atoms in total. The van der Waals surface area contributed by atoms with E-state index in [9.17, 15) is 8.42 Å². The van der Waals surface area contributed by atoms with Gasteiger partial charge in [0.25, 0.3) is 0 Å². The highest BCUT2D eigenvalue weighted by Crippen LogP contribution is 2.33. The zero-order chi connectivity index (χ0) is 14.9. The molecule has 2 heterocycles. The lowest BCUT2D eigenvalue weighted by atomic mass is 10.3. The predicted molar refractivity (Wildman–Crippen MR) is 80.0 cm³/mol. The van der Waals surface area contributed by atoms with Crippen LogP contribution in [-0.4, -0.2) is 24.9 Å². The van der Waals surface area contributed by atoms with Crippen LogP contribution in [-0.2, 0) is 23.2 Å². The maximum absolute atomic E-state index is 12.5. The van der Waals surface area contributed by atoms with Gasteiger partial charge in [0.05, 0.1) is 16.7 Å². The Morgan fingerprint density at radius 2 is 2.20 bits per heavy atom. The summed E-state index contributed by atoms with van der Waals surface area (Å²) in [4.78, 5) is 0.776. The Morgan fingerprint density at radius 1 is 1.50 bits per heavy atom. The standard InChI is InChI=1S/C12H14BrNO4S2/c1-8-9(3-4-18-8)6-14(2)20(16,17)11-5-10(7-15)19-12(11)13/h3-5,15H,6-7H2,1-2H3. The van der Waals surface area contributed by atoms with E-state index in [2.05, 4.69) is 15.9 Å². The molecular formula is C12H14BrNO4S2. The van der Waals surface area contributed by atoms with Gasteiger partial charge >= 0.3 is 0 Å². The Bertz CT molecular complexity index is 705. The van der Waals surface area contributed by atoms with Gasteiger partial charge in [-0.05, 0) is 35.0 Å². The Balaban J connectivity index is 2.29. The van der Waals surface area contributed by atoms with Gasteiger partial charge in [-0.3, -0.25) is 0 Å². The third-order valence-electron chi connectivity index (χ3n) is 2.91. The monoisotopic (exact) mass is 379 g/mol. The minimum absolute atomic E-state index is 0.176. The molecule has 0 unspecified atom stereocenters.